The molecule has 2 atom stereocenters. The monoisotopic (exact) mass is 780 g/mol. The smallest absolute Gasteiger partial charge is 0.265 e. The molecule has 306 valence electrons. The molecule has 4 aliphatic rings. The third kappa shape index (κ3) is 10.9. The SMILES string of the molecule is CC.CC.CC.CC1=C(N2CCN(C(F)c3nc4ccccc4o3)CC2)NC=NC1C.FC(F)C1=C(N2CCN(Cc3nc4ccccc4o3)CC2)NC=NC1. The Hall–Kier alpha value is -4.89. The van der Waals surface area contributed by atoms with Gasteiger partial charge in [-0.25, -0.2) is 23.1 Å². The fourth-order valence-corrected chi connectivity index (χ4v) is 6.49. The normalized spacial score (nSPS) is 19.2. The Morgan fingerprint density at radius 1 is 0.714 bits per heavy atom. The van der Waals surface area contributed by atoms with Crippen molar-refractivity contribution in [3.63, 3.8) is 0 Å². The molecule has 0 bridgehead atoms. The van der Waals surface area contributed by atoms with Crippen molar-refractivity contribution in [3.8, 4) is 0 Å². The zero-order valence-corrected chi connectivity index (χ0v) is 34.1. The lowest BCUT2D eigenvalue weighted by Crippen LogP contribution is -2.49. The number of nitrogens with one attached hydrogen (secondary N) is 2. The summed E-state index contributed by atoms with van der Waals surface area (Å²) >= 11 is 0. The van der Waals surface area contributed by atoms with Gasteiger partial charge in [-0.2, -0.15) is 0 Å². The summed E-state index contributed by atoms with van der Waals surface area (Å²) in [7, 11) is 0. The molecule has 0 aliphatic carbocycles. The molecule has 15 heteroatoms. The highest BCUT2D eigenvalue weighted by molar-refractivity contribution is 5.72. The summed E-state index contributed by atoms with van der Waals surface area (Å²) in [5.74, 6) is 2.43. The predicted octanol–water partition coefficient (Wildman–Crippen LogP) is 7.80. The number of piperazine rings is 2. The number of halogens is 3. The standard InChI is InChI=1S/C18H22FN5O.C17H19F2N5O.3C2H6/c1-12-13(2)20-11-21-17(12)24-9-7-23(8-10-24)16(19)18-22-14-5-3-4-6-15(14)25-18;18-16(19)12-9-20-11-21-17(12)24-7-5-23(6-8-24)10-15-22-13-3-1-2-4-14(13)25-15;3*1-2/h3-6,11,13,16H,7-10H2,1-2H3,(H,20,21);1-4,11,16H,5-10H2,(H,20,21);3*1-2H3. The number of fused-ring (bicyclic) bond motifs is 2. The molecule has 2 aromatic carbocycles. The quantitative estimate of drug-likeness (QED) is 0.180. The number of rotatable bonds is 7. The predicted molar refractivity (Wildman–Crippen MR) is 219 cm³/mol. The van der Waals surface area contributed by atoms with Crippen molar-refractivity contribution < 1.29 is 22.0 Å². The van der Waals surface area contributed by atoms with Crippen LogP contribution in [0.5, 0.6) is 0 Å². The van der Waals surface area contributed by atoms with E-state index in [0.29, 0.717) is 55.5 Å². The van der Waals surface area contributed by atoms with E-state index in [4.69, 9.17) is 8.83 Å². The van der Waals surface area contributed by atoms with Crippen LogP contribution in [0.3, 0.4) is 0 Å². The van der Waals surface area contributed by atoms with Crippen LogP contribution in [0.15, 0.2) is 90.1 Å². The van der Waals surface area contributed by atoms with Gasteiger partial charge in [-0.3, -0.25) is 19.8 Å². The molecule has 2 N–H and O–H groups in total. The van der Waals surface area contributed by atoms with Crippen molar-refractivity contribution in [2.45, 2.75) is 80.7 Å². The first-order valence-electron chi connectivity index (χ1n) is 19.9. The van der Waals surface area contributed by atoms with Crippen molar-refractivity contribution in [3.05, 3.63) is 83.1 Å². The summed E-state index contributed by atoms with van der Waals surface area (Å²) in [5, 5.41) is 6.12. The highest BCUT2D eigenvalue weighted by atomic mass is 19.3. The molecule has 0 amide bonds. The highest BCUT2D eigenvalue weighted by Crippen LogP contribution is 2.28. The average Bonchev–Trinajstić information content (AvgIpc) is 3.89. The molecule has 0 saturated carbocycles. The second-order valence-corrected chi connectivity index (χ2v) is 12.6. The maximum Gasteiger partial charge on any atom is 0.265 e. The Labute approximate surface area is 329 Å². The van der Waals surface area contributed by atoms with E-state index in [0.717, 1.165) is 43.1 Å². The number of aromatic nitrogens is 2. The number of hydrogen-bond acceptors (Lipinski definition) is 12. The van der Waals surface area contributed by atoms with Crippen LogP contribution < -0.4 is 10.6 Å². The first-order chi connectivity index (χ1) is 27.3. The minimum atomic E-state index is -2.49. The van der Waals surface area contributed by atoms with Crippen LogP contribution in [-0.2, 0) is 6.54 Å². The Kier molecular flexibility index (Phi) is 17.2. The van der Waals surface area contributed by atoms with Crippen LogP contribution in [0.2, 0.25) is 0 Å². The van der Waals surface area contributed by atoms with E-state index in [9.17, 15) is 13.2 Å². The summed E-state index contributed by atoms with van der Waals surface area (Å²) in [4.78, 5) is 25.2. The molecule has 8 rings (SSSR count). The van der Waals surface area contributed by atoms with Crippen LogP contribution >= 0.6 is 0 Å². The van der Waals surface area contributed by atoms with Gasteiger partial charge in [0, 0.05) is 52.4 Å². The van der Waals surface area contributed by atoms with Crippen LogP contribution in [0.25, 0.3) is 22.2 Å². The lowest BCUT2D eigenvalue weighted by molar-refractivity contribution is 0.0230. The number of oxazole rings is 2. The fraction of sp³-hybridized carbons (Fsp3) is 0.512. The van der Waals surface area contributed by atoms with Crippen LogP contribution in [0.1, 0.15) is 73.5 Å². The average molecular weight is 781 g/mol. The zero-order chi connectivity index (χ0) is 40.6. The second-order valence-electron chi connectivity index (χ2n) is 12.6. The lowest BCUT2D eigenvalue weighted by Gasteiger charge is -2.39. The Balaban J connectivity index is 0.000000220. The number of benzene rings is 2. The van der Waals surface area contributed by atoms with E-state index in [1.54, 1.807) is 11.2 Å². The second kappa shape index (κ2) is 22.0. The van der Waals surface area contributed by atoms with E-state index >= 15 is 0 Å². The van der Waals surface area contributed by atoms with Gasteiger partial charge in [0.1, 0.15) is 22.7 Å². The topological polar surface area (TPSA) is 114 Å². The summed E-state index contributed by atoms with van der Waals surface area (Å²) in [6.45, 7) is 22.4. The molecule has 2 aromatic heterocycles. The zero-order valence-electron chi connectivity index (χ0n) is 34.1. The Morgan fingerprint density at radius 2 is 1.27 bits per heavy atom. The van der Waals surface area contributed by atoms with E-state index in [1.165, 1.54) is 11.9 Å². The van der Waals surface area contributed by atoms with Gasteiger partial charge in [0.05, 0.1) is 37.4 Å². The van der Waals surface area contributed by atoms with Crippen molar-refractivity contribution in [1.29, 1.82) is 0 Å². The van der Waals surface area contributed by atoms with Crippen molar-refractivity contribution in [2.24, 2.45) is 9.98 Å². The minimum absolute atomic E-state index is 0.0586. The highest BCUT2D eigenvalue weighted by Gasteiger charge is 2.30. The van der Waals surface area contributed by atoms with Gasteiger partial charge in [-0.15, -0.1) is 0 Å². The minimum Gasteiger partial charge on any atom is -0.439 e. The molecule has 6 heterocycles. The van der Waals surface area contributed by atoms with Crippen molar-refractivity contribution >= 4 is 34.9 Å². The van der Waals surface area contributed by atoms with Gasteiger partial charge in [0.15, 0.2) is 11.2 Å². The van der Waals surface area contributed by atoms with Crippen LogP contribution in [0.4, 0.5) is 13.2 Å². The van der Waals surface area contributed by atoms with E-state index < -0.39 is 12.7 Å². The largest absolute Gasteiger partial charge is 0.439 e. The lowest BCUT2D eigenvalue weighted by atomic mass is 10.1. The number of nitrogens with zero attached hydrogens (tertiary/aromatic N) is 8. The molecule has 0 radical (unpaired) electrons. The summed E-state index contributed by atoms with van der Waals surface area (Å²) < 4.78 is 52.5. The van der Waals surface area contributed by atoms with Crippen LogP contribution in [-0.4, -0.2) is 114 Å². The Morgan fingerprint density at radius 3 is 1.88 bits per heavy atom. The molecule has 56 heavy (non-hydrogen) atoms. The molecule has 0 spiro atoms. The van der Waals surface area contributed by atoms with E-state index in [-0.39, 0.29) is 24.1 Å². The summed E-state index contributed by atoms with van der Waals surface area (Å²) in [6.07, 6.45) is -0.566. The van der Waals surface area contributed by atoms with Gasteiger partial charge in [-0.1, -0.05) is 65.8 Å². The van der Waals surface area contributed by atoms with Gasteiger partial charge in [0.25, 0.3) is 6.43 Å². The fourth-order valence-electron chi connectivity index (χ4n) is 6.49. The van der Waals surface area contributed by atoms with Crippen LogP contribution in [0, 0.1) is 0 Å². The molecular weight excluding hydrogens is 722 g/mol. The van der Waals surface area contributed by atoms with Gasteiger partial charge < -0.3 is 29.3 Å². The summed E-state index contributed by atoms with van der Waals surface area (Å²) in [5.41, 5.74) is 4.24. The molecule has 2 unspecified atom stereocenters. The maximum atomic E-state index is 14.9. The van der Waals surface area contributed by atoms with Gasteiger partial charge in [0.2, 0.25) is 18.1 Å². The maximum absolute atomic E-state index is 14.9. The number of hydrogen-bond donors (Lipinski definition) is 2. The molecule has 2 saturated heterocycles. The molecule has 4 aromatic rings. The van der Waals surface area contributed by atoms with Gasteiger partial charge >= 0.3 is 0 Å². The summed E-state index contributed by atoms with van der Waals surface area (Å²) in [6, 6.07) is 15.2. The van der Waals surface area contributed by atoms with Crippen molar-refractivity contribution in [2.75, 3.05) is 58.9 Å². The van der Waals surface area contributed by atoms with Gasteiger partial charge in [-0.05, 0) is 43.7 Å². The number of alkyl halides is 3. The van der Waals surface area contributed by atoms with E-state index in [2.05, 4.69) is 54.2 Å². The third-order valence-electron chi connectivity index (χ3n) is 9.47. The number of aliphatic imine (C=N–C) groups is 2. The molecule has 4 aliphatic heterocycles. The molecular formula is C41H59F3N10O2. The third-order valence-corrected chi connectivity index (χ3v) is 9.47. The molecule has 2 fully saturated rings. The first kappa shape index (κ1) is 43.8. The Bertz CT molecular complexity index is 1840. The molecule has 12 nitrogen and oxygen atoms in total. The van der Waals surface area contributed by atoms with E-state index in [1.807, 2.05) is 95.0 Å². The van der Waals surface area contributed by atoms with Crippen molar-refractivity contribution in [1.82, 2.24) is 40.2 Å². The number of para-hydroxylation sites is 4. The first-order valence-corrected chi connectivity index (χ1v) is 19.9.